The number of likely N-dealkylation sites (tertiary alicyclic amines) is 1. The van der Waals surface area contributed by atoms with Gasteiger partial charge in [0, 0.05) is 57.5 Å². The van der Waals surface area contributed by atoms with Crippen molar-refractivity contribution in [2.24, 2.45) is 12.5 Å². The zero-order valence-electron chi connectivity index (χ0n) is 20.3. The van der Waals surface area contributed by atoms with E-state index in [0.717, 1.165) is 55.9 Å². The van der Waals surface area contributed by atoms with Crippen molar-refractivity contribution in [3.05, 3.63) is 28.7 Å². The Kier molecular flexibility index (Phi) is 6.46. The number of aryl methyl sites for hydroxylation is 2. The van der Waals surface area contributed by atoms with Gasteiger partial charge in [-0.25, -0.2) is 4.79 Å². The monoisotopic (exact) mass is 492 g/mol. The highest BCUT2D eigenvalue weighted by atomic mass is 35.5. The number of nitrogens with zero attached hydrogens (tertiary/aromatic N) is 3. The van der Waals surface area contributed by atoms with Crippen LogP contribution in [0.3, 0.4) is 0 Å². The van der Waals surface area contributed by atoms with Gasteiger partial charge in [-0.1, -0.05) is 0 Å². The van der Waals surface area contributed by atoms with E-state index >= 15 is 0 Å². The lowest BCUT2D eigenvalue weighted by molar-refractivity contribution is -0.112. The van der Waals surface area contributed by atoms with Crippen molar-refractivity contribution >= 4 is 28.3 Å². The van der Waals surface area contributed by atoms with Gasteiger partial charge >= 0.3 is 5.69 Å². The van der Waals surface area contributed by atoms with Gasteiger partial charge in [0.05, 0.1) is 28.2 Å². The Bertz CT molecular complexity index is 1080. The van der Waals surface area contributed by atoms with Crippen molar-refractivity contribution in [3.8, 4) is 0 Å². The van der Waals surface area contributed by atoms with E-state index in [9.17, 15) is 9.90 Å². The first-order chi connectivity index (χ1) is 16.1. The summed E-state index contributed by atoms with van der Waals surface area (Å²) in [6, 6.07) is 5.96. The lowest BCUT2D eigenvalue weighted by Gasteiger charge is -2.56. The smallest absolute Gasteiger partial charge is 0.328 e. The predicted molar refractivity (Wildman–Crippen MR) is 134 cm³/mol. The van der Waals surface area contributed by atoms with Crippen molar-refractivity contribution < 1.29 is 9.84 Å². The molecule has 0 saturated carbocycles. The number of alkyl halides is 1. The number of imidazole rings is 1. The Balaban J connectivity index is 1.29. The number of hydrogen-bond acceptors (Lipinski definition) is 7. The molecule has 3 fully saturated rings. The Hall–Kier alpha value is -1.62. The Morgan fingerprint density at radius 1 is 1.26 bits per heavy atom. The third-order valence-electron chi connectivity index (χ3n) is 7.62. The highest BCUT2D eigenvalue weighted by Crippen LogP contribution is 2.40. The molecule has 3 aliphatic heterocycles. The predicted octanol–water partition coefficient (Wildman–Crippen LogP) is 1.44. The summed E-state index contributed by atoms with van der Waals surface area (Å²) in [4.78, 5) is 15.3. The number of hydrogen-bond donors (Lipinski definition) is 4. The topological polar surface area (TPSA) is 95.7 Å². The van der Waals surface area contributed by atoms with E-state index < -0.39 is 5.60 Å². The molecule has 1 spiro atoms. The van der Waals surface area contributed by atoms with E-state index in [-0.39, 0.29) is 23.5 Å². The SMILES string of the molecule is Cn1c(=O)n(CCC(C)(C)O)c2cc(NC3NC(N4CC5(CCOCC5)C4)NCC3Cl)ccc21. The van der Waals surface area contributed by atoms with Gasteiger partial charge in [0.1, 0.15) is 6.29 Å². The Morgan fingerprint density at radius 2 is 2.00 bits per heavy atom. The summed E-state index contributed by atoms with van der Waals surface area (Å²) in [5.74, 6) is 0. The summed E-state index contributed by atoms with van der Waals surface area (Å²) < 4.78 is 8.94. The third-order valence-corrected chi connectivity index (χ3v) is 8.02. The molecule has 4 heterocycles. The molecule has 3 atom stereocenters. The molecule has 10 heteroatoms. The highest BCUT2D eigenvalue weighted by Gasteiger charge is 2.47. The van der Waals surface area contributed by atoms with Gasteiger partial charge in [-0.3, -0.25) is 24.7 Å². The number of rotatable bonds is 6. The summed E-state index contributed by atoms with van der Waals surface area (Å²) in [6.45, 7) is 8.57. The van der Waals surface area contributed by atoms with E-state index in [0.29, 0.717) is 24.9 Å². The van der Waals surface area contributed by atoms with Crippen LogP contribution in [0.5, 0.6) is 0 Å². The number of aromatic nitrogens is 2. The van der Waals surface area contributed by atoms with Crippen LogP contribution in [0.15, 0.2) is 23.0 Å². The molecule has 0 radical (unpaired) electrons. The molecule has 0 aliphatic carbocycles. The molecule has 3 unspecified atom stereocenters. The third kappa shape index (κ3) is 4.74. The average molecular weight is 493 g/mol. The fraction of sp³-hybridized carbons (Fsp3) is 0.708. The summed E-state index contributed by atoms with van der Waals surface area (Å²) in [7, 11) is 1.78. The zero-order valence-corrected chi connectivity index (χ0v) is 21.1. The van der Waals surface area contributed by atoms with Gasteiger partial charge in [0.25, 0.3) is 0 Å². The molecule has 2 aromatic rings. The largest absolute Gasteiger partial charge is 0.390 e. The van der Waals surface area contributed by atoms with Gasteiger partial charge in [0.2, 0.25) is 0 Å². The molecule has 9 nitrogen and oxygen atoms in total. The zero-order chi connectivity index (χ0) is 24.1. The minimum atomic E-state index is -0.836. The van der Waals surface area contributed by atoms with E-state index in [4.69, 9.17) is 16.3 Å². The van der Waals surface area contributed by atoms with Gasteiger partial charge < -0.3 is 15.2 Å². The maximum absolute atomic E-state index is 12.8. The standard InChI is InChI=1S/C24H37ClN6O3/c1-23(2,33)6-9-31-19-12-16(4-5-18(19)29(3)22(31)32)27-20-17(25)13-26-21(28-20)30-14-24(15-30)7-10-34-11-8-24/h4-5,12,17,20-21,26-28,33H,6-11,13-15H2,1-3H3. The first kappa shape index (κ1) is 24.1. The molecule has 3 aliphatic rings. The van der Waals surface area contributed by atoms with Crippen LogP contribution in [-0.2, 0) is 18.3 Å². The summed E-state index contributed by atoms with van der Waals surface area (Å²) in [5, 5.41) is 20.7. The van der Waals surface area contributed by atoms with Crippen LogP contribution in [0, 0.1) is 5.41 Å². The second-order valence-corrected chi connectivity index (χ2v) is 11.5. The molecule has 0 amide bonds. The molecule has 1 aromatic carbocycles. The van der Waals surface area contributed by atoms with Crippen LogP contribution < -0.4 is 21.6 Å². The minimum absolute atomic E-state index is 0.0754. The van der Waals surface area contributed by atoms with Crippen molar-refractivity contribution in [1.82, 2.24) is 24.7 Å². The molecule has 3 saturated heterocycles. The van der Waals surface area contributed by atoms with Gasteiger partial charge in [-0.15, -0.1) is 11.6 Å². The number of halogens is 1. The fourth-order valence-corrected chi connectivity index (χ4v) is 5.67. The number of aliphatic hydroxyl groups is 1. The van der Waals surface area contributed by atoms with Crippen molar-refractivity contribution in [2.75, 3.05) is 38.2 Å². The van der Waals surface area contributed by atoms with Gasteiger partial charge in [-0.05, 0) is 51.3 Å². The van der Waals surface area contributed by atoms with Crippen LogP contribution in [0.25, 0.3) is 11.0 Å². The molecular weight excluding hydrogens is 456 g/mol. The van der Waals surface area contributed by atoms with Gasteiger partial charge in [-0.2, -0.15) is 0 Å². The molecule has 5 rings (SSSR count). The molecule has 1 aromatic heterocycles. The van der Waals surface area contributed by atoms with Crippen molar-refractivity contribution in [2.45, 2.75) is 63.1 Å². The molecule has 188 valence electrons. The number of benzene rings is 1. The maximum atomic E-state index is 12.8. The lowest BCUT2D eigenvalue weighted by Crippen LogP contribution is -2.73. The van der Waals surface area contributed by atoms with Crippen LogP contribution in [-0.4, -0.2) is 75.4 Å². The minimum Gasteiger partial charge on any atom is -0.390 e. The number of ether oxygens (including phenoxy) is 1. The number of anilines is 1. The number of fused-ring (bicyclic) bond motifs is 1. The van der Waals surface area contributed by atoms with Crippen molar-refractivity contribution in [3.63, 3.8) is 0 Å². The second-order valence-electron chi connectivity index (χ2n) is 10.9. The van der Waals surface area contributed by atoms with Crippen molar-refractivity contribution in [1.29, 1.82) is 0 Å². The highest BCUT2D eigenvalue weighted by molar-refractivity contribution is 6.21. The Labute approximate surface area is 205 Å². The maximum Gasteiger partial charge on any atom is 0.328 e. The summed E-state index contributed by atoms with van der Waals surface area (Å²) in [6.07, 6.45) is 2.74. The quantitative estimate of drug-likeness (QED) is 0.453. The van der Waals surface area contributed by atoms with E-state index in [1.54, 1.807) is 30.0 Å². The van der Waals surface area contributed by atoms with E-state index in [1.807, 2.05) is 18.2 Å². The van der Waals surface area contributed by atoms with E-state index in [1.165, 1.54) is 0 Å². The average Bonchev–Trinajstić information content (AvgIpc) is 3.01. The van der Waals surface area contributed by atoms with Crippen LogP contribution in [0.2, 0.25) is 0 Å². The second kappa shape index (κ2) is 9.11. The molecule has 34 heavy (non-hydrogen) atoms. The van der Waals surface area contributed by atoms with Gasteiger partial charge in [0.15, 0.2) is 0 Å². The lowest BCUT2D eigenvalue weighted by atomic mass is 9.73. The van der Waals surface area contributed by atoms with Crippen LogP contribution in [0.1, 0.15) is 33.1 Å². The van der Waals surface area contributed by atoms with Crippen LogP contribution >= 0.6 is 11.6 Å². The van der Waals surface area contributed by atoms with E-state index in [2.05, 4.69) is 20.9 Å². The first-order valence-corrected chi connectivity index (χ1v) is 12.7. The van der Waals surface area contributed by atoms with Crippen LogP contribution in [0.4, 0.5) is 5.69 Å². The Morgan fingerprint density at radius 3 is 2.71 bits per heavy atom. The summed E-state index contributed by atoms with van der Waals surface area (Å²) in [5.41, 5.74) is 2.12. The number of nitrogens with one attached hydrogen (secondary N) is 3. The first-order valence-electron chi connectivity index (χ1n) is 12.3. The molecule has 4 N–H and O–H groups in total. The normalized spacial score (nSPS) is 27.7. The fourth-order valence-electron chi connectivity index (χ4n) is 5.44. The molecule has 0 bridgehead atoms. The molecular formula is C24H37ClN6O3. The summed E-state index contributed by atoms with van der Waals surface area (Å²) >= 11 is 6.68.